The van der Waals surface area contributed by atoms with Crippen molar-refractivity contribution < 1.29 is 22.7 Å². The van der Waals surface area contributed by atoms with Crippen LogP contribution in [0.4, 0.5) is 13.2 Å². The third-order valence-corrected chi connectivity index (χ3v) is 4.99. The average Bonchev–Trinajstić information content (AvgIpc) is 2.65. The molecule has 28 heavy (non-hydrogen) atoms. The maximum atomic E-state index is 13.6. The molecule has 2 aromatic carbocycles. The molecule has 7 heteroatoms. The second-order valence-corrected chi connectivity index (χ2v) is 7.14. The number of nitrogens with zero attached hydrogens (tertiary/aromatic N) is 2. The highest BCUT2D eigenvalue weighted by molar-refractivity contribution is 5.78. The van der Waals surface area contributed by atoms with Crippen molar-refractivity contribution in [1.82, 2.24) is 9.80 Å². The molecule has 0 unspecified atom stereocenters. The summed E-state index contributed by atoms with van der Waals surface area (Å²) in [5.74, 6) is -2.79. The molecule has 1 aliphatic rings. The summed E-state index contributed by atoms with van der Waals surface area (Å²) in [5.41, 5.74) is 0.999. The molecule has 0 aromatic heterocycles. The number of rotatable bonds is 5. The fraction of sp³-hybridized carbons (Fsp3) is 0.381. The Labute approximate surface area is 162 Å². The number of carbonyl (C=O) groups is 1. The Bertz CT molecular complexity index is 809. The molecule has 0 bridgehead atoms. The van der Waals surface area contributed by atoms with Crippen LogP contribution >= 0.6 is 0 Å². The maximum absolute atomic E-state index is 13.6. The van der Waals surface area contributed by atoms with Gasteiger partial charge in [0, 0.05) is 31.7 Å². The second-order valence-electron chi connectivity index (χ2n) is 7.14. The lowest BCUT2D eigenvalue weighted by molar-refractivity contribution is -0.139. The zero-order valence-electron chi connectivity index (χ0n) is 15.9. The van der Waals surface area contributed by atoms with Crippen LogP contribution in [0.25, 0.3) is 0 Å². The van der Waals surface area contributed by atoms with Crippen LogP contribution in [0.1, 0.15) is 19.4 Å². The van der Waals surface area contributed by atoms with Gasteiger partial charge < -0.3 is 9.64 Å². The van der Waals surface area contributed by atoms with Gasteiger partial charge in [-0.1, -0.05) is 18.2 Å². The lowest BCUT2D eigenvalue weighted by Gasteiger charge is -2.44. The van der Waals surface area contributed by atoms with Gasteiger partial charge in [-0.3, -0.25) is 9.69 Å². The molecule has 0 saturated carbocycles. The molecule has 1 fully saturated rings. The molecule has 1 amide bonds. The molecule has 0 N–H and O–H groups in total. The van der Waals surface area contributed by atoms with Crippen LogP contribution in [0.15, 0.2) is 42.5 Å². The van der Waals surface area contributed by atoms with Crippen molar-refractivity contribution in [2.45, 2.75) is 32.5 Å². The minimum atomic E-state index is -0.835. The first kappa shape index (κ1) is 20.2. The van der Waals surface area contributed by atoms with Gasteiger partial charge in [-0.2, -0.15) is 0 Å². The van der Waals surface area contributed by atoms with Crippen LogP contribution in [0.5, 0.6) is 5.75 Å². The zero-order chi connectivity index (χ0) is 20.3. The van der Waals surface area contributed by atoms with Gasteiger partial charge in [0.25, 0.3) is 5.91 Å². The first-order valence-electron chi connectivity index (χ1n) is 9.20. The minimum Gasteiger partial charge on any atom is -0.478 e. The third-order valence-electron chi connectivity index (χ3n) is 4.99. The van der Waals surface area contributed by atoms with Gasteiger partial charge in [0.05, 0.1) is 0 Å². The molecule has 1 aliphatic heterocycles. The smallest absolute Gasteiger partial charge is 0.260 e. The highest BCUT2D eigenvalue weighted by Crippen LogP contribution is 2.22. The highest BCUT2D eigenvalue weighted by Gasteiger charge is 2.32. The summed E-state index contributed by atoms with van der Waals surface area (Å²) in [7, 11) is 0. The number of amides is 1. The van der Waals surface area contributed by atoms with Gasteiger partial charge in [0.2, 0.25) is 0 Å². The van der Waals surface area contributed by atoms with E-state index in [2.05, 4.69) is 4.90 Å². The van der Waals surface area contributed by atoms with Crippen molar-refractivity contribution in [1.29, 1.82) is 0 Å². The Kier molecular flexibility index (Phi) is 6.24. The summed E-state index contributed by atoms with van der Waals surface area (Å²) in [5, 5.41) is 0. The molecule has 3 rings (SSSR count). The zero-order valence-corrected chi connectivity index (χ0v) is 15.9. The number of benzene rings is 2. The first-order valence-corrected chi connectivity index (χ1v) is 9.20. The van der Waals surface area contributed by atoms with E-state index < -0.39 is 24.0 Å². The predicted octanol–water partition coefficient (Wildman–Crippen LogP) is 3.60. The highest BCUT2D eigenvalue weighted by atomic mass is 19.1. The number of hydrogen-bond acceptors (Lipinski definition) is 3. The quantitative estimate of drug-likeness (QED) is 0.780. The van der Waals surface area contributed by atoms with Gasteiger partial charge >= 0.3 is 0 Å². The number of hydrogen-bond donors (Lipinski definition) is 0. The number of para-hydroxylation sites is 1. The van der Waals surface area contributed by atoms with Gasteiger partial charge in [0.15, 0.2) is 24.0 Å². The molecule has 4 nitrogen and oxygen atoms in total. The Hall–Kier alpha value is -2.54. The summed E-state index contributed by atoms with van der Waals surface area (Å²) >= 11 is 0. The number of carbonyl (C=O) groups excluding carboxylic acids is 1. The molecule has 2 aromatic rings. The van der Waals surface area contributed by atoms with Gasteiger partial charge in [0.1, 0.15) is 5.82 Å². The summed E-state index contributed by atoms with van der Waals surface area (Å²) < 4.78 is 45.5. The Morgan fingerprint density at radius 3 is 2.29 bits per heavy atom. The molecule has 0 spiro atoms. The number of halogens is 3. The van der Waals surface area contributed by atoms with Crippen LogP contribution in [0.3, 0.4) is 0 Å². The van der Waals surface area contributed by atoms with Gasteiger partial charge in [-0.15, -0.1) is 0 Å². The van der Waals surface area contributed by atoms with Crippen LogP contribution in [-0.4, -0.2) is 47.5 Å². The monoisotopic (exact) mass is 392 g/mol. The maximum Gasteiger partial charge on any atom is 0.260 e. The van der Waals surface area contributed by atoms with Crippen molar-refractivity contribution in [3.8, 4) is 5.75 Å². The van der Waals surface area contributed by atoms with E-state index in [9.17, 15) is 18.0 Å². The van der Waals surface area contributed by atoms with E-state index >= 15 is 0 Å². The number of ether oxygens (including phenoxy) is 1. The van der Waals surface area contributed by atoms with E-state index in [4.69, 9.17) is 4.74 Å². The summed E-state index contributed by atoms with van der Waals surface area (Å²) in [4.78, 5) is 16.4. The molecule has 150 valence electrons. The third kappa shape index (κ3) is 4.65. The van der Waals surface area contributed by atoms with Crippen LogP contribution in [0, 0.1) is 17.5 Å². The van der Waals surface area contributed by atoms with E-state index in [0.29, 0.717) is 19.6 Å². The normalized spacial score (nSPS) is 20.2. The van der Waals surface area contributed by atoms with E-state index in [-0.39, 0.29) is 23.8 Å². The standard InChI is InChI=1S/C21H23F3N2O2/c1-14-11-26(20(27)13-28-21-18(23)4-3-5-19(21)24)15(2)10-25(14)12-16-6-8-17(22)9-7-16/h3-9,14-15H,10-13H2,1-2H3/t14-,15+/m0/s1. The van der Waals surface area contributed by atoms with Crippen molar-refractivity contribution >= 4 is 5.91 Å². The largest absolute Gasteiger partial charge is 0.478 e. The molecule has 0 aliphatic carbocycles. The van der Waals surface area contributed by atoms with E-state index in [1.54, 1.807) is 17.0 Å². The van der Waals surface area contributed by atoms with Gasteiger partial charge in [-0.25, -0.2) is 13.2 Å². The summed E-state index contributed by atoms with van der Waals surface area (Å²) in [6.07, 6.45) is 0. The van der Waals surface area contributed by atoms with Crippen molar-refractivity contribution in [3.05, 3.63) is 65.5 Å². The molecule has 0 radical (unpaired) electrons. The molecule has 1 heterocycles. The minimum absolute atomic E-state index is 0.0791. The average molecular weight is 392 g/mol. The van der Waals surface area contributed by atoms with Crippen molar-refractivity contribution in [2.24, 2.45) is 0 Å². The Balaban J connectivity index is 1.58. The lowest BCUT2D eigenvalue weighted by Crippen LogP contribution is -2.58. The fourth-order valence-electron chi connectivity index (χ4n) is 3.43. The van der Waals surface area contributed by atoms with Crippen LogP contribution < -0.4 is 4.74 Å². The molecular weight excluding hydrogens is 369 g/mol. The topological polar surface area (TPSA) is 32.8 Å². The molecule has 2 atom stereocenters. The van der Waals surface area contributed by atoms with E-state index in [1.165, 1.54) is 18.2 Å². The summed E-state index contributed by atoms with van der Waals surface area (Å²) in [6, 6.07) is 9.77. The van der Waals surface area contributed by atoms with Crippen molar-refractivity contribution in [2.75, 3.05) is 19.7 Å². The second kappa shape index (κ2) is 8.65. The predicted molar refractivity (Wildman–Crippen MR) is 99.3 cm³/mol. The Morgan fingerprint density at radius 2 is 1.64 bits per heavy atom. The Morgan fingerprint density at radius 1 is 1.00 bits per heavy atom. The lowest BCUT2D eigenvalue weighted by atomic mass is 10.1. The van der Waals surface area contributed by atoms with Gasteiger partial charge in [-0.05, 0) is 43.7 Å². The molecular formula is C21H23F3N2O2. The van der Waals surface area contributed by atoms with Crippen LogP contribution in [-0.2, 0) is 11.3 Å². The van der Waals surface area contributed by atoms with E-state index in [1.807, 2.05) is 13.8 Å². The van der Waals surface area contributed by atoms with Crippen molar-refractivity contribution in [3.63, 3.8) is 0 Å². The van der Waals surface area contributed by atoms with E-state index in [0.717, 1.165) is 17.7 Å². The number of piperazine rings is 1. The molecule has 1 saturated heterocycles. The van der Waals surface area contributed by atoms with Crippen LogP contribution in [0.2, 0.25) is 0 Å². The first-order chi connectivity index (χ1) is 13.3. The SMILES string of the molecule is C[C@@H]1CN(Cc2ccc(F)cc2)[C@@H](C)CN1C(=O)COc1c(F)cccc1F. The summed E-state index contributed by atoms with van der Waals surface area (Å²) in [6.45, 7) is 5.28. The fourth-order valence-corrected chi connectivity index (χ4v) is 3.43.